The van der Waals surface area contributed by atoms with Crippen molar-refractivity contribution < 1.29 is 14.6 Å². The van der Waals surface area contributed by atoms with Crippen LogP contribution in [0.15, 0.2) is 53.8 Å². The van der Waals surface area contributed by atoms with E-state index in [1.807, 2.05) is 24.3 Å². The number of nitrogens with two attached hydrogens (primary N) is 1. The molecule has 11 nitrogen and oxygen atoms in total. The number of nitro benzene ring substituents is 2. The molecular weight excluding hydrogens is 368 g/mol. The Kier molecular flexibility index (Phi) is 4.98. The lowest BCUT2D eigenvalue weighted by Gasteiger charge is -2.01. The van der Waals surface area contributed by atoms with Crippen LogP contribution in [0, 0.1) is 20.2 Å². The summed E-state index contributed by atoms with van der Waals surface area (Å²) >= 11 is 0. The van der Waals surface area contributed by atoms with Crippen LogP contribution in [0.3, 0.4) is 0 Å². The summed E-state index contributed by atoms with van der Waals surface area (Å²) in [5.74, 6) is -0.496. The molecule has 2 aromatic carbocycles. The first-order valence-electron chi connectivity index (χ1n) is 7.95. The summed E-state index contributed by atoms with van der Waals surface area (Å²) < 4.78 is 1.67. The number of benzene rings is 2. The highest BCUT2D eigenvalue weighted by atomic mass is 16.6. The first-order chi connectivity index (χ1) is 13.4. The molecule has 11 heteroatoms. The lowest BCUT2D eigenvalue weighted by atomic mass is 10.2. The summed E-state index contributed by atoms with van der Waals surface area (Å²) in [6.45, 7) is -0.00436. The number of carbonyl (C=O) groups excluding carboxylic acids is 1. The molecule has 1 amide bonds. The van der Waals surface area contributed by atoms with Crippen molar-refractivity contribution in [3.05, 3.63) is 74.5 Å². The van der Waals surface area contributed by atoms with Crippen molar-refractivity contribution >= 4 is 40.1 Å². The predicted molar refractivity (Wildman–Crippen MR) is 102 cm³/mol. The van der Waals surface area contributed by atoms with Crippen LogP contribution in [-0.2, 0) is 11.3 Å². The molecule has 0 radical (unpaired) electrons. The lowest BCUT2D eigenvalue weighted by molar-refractivity contribution is -0.393. The Morgan fingerprint density at radius 3 is 2.61 bits per heavy atom. The van der Waals surface area contributed by atoms with Crippen molar-refractivity contribution in [1.82, 2.24) is 4.57 Å². The maximum Gasteiger partial charge on any atom is 0.301 e. The summed E-state index contributed by atoms with van der Waals surface area (Å²) in [6.07, 6.45) is 3.12. The van der Waals surface area contributed by atoms with Gasteiger partial charge in [0.05, 0.1) is 22.1 Å². The van der Waals surface area contributed by atoms with E-state index in [0.29, 0.717) is 5.56 Å². The number of nitrogens with one attached hydrogen (secondary N) is 1. The fourth-order valence-electron chi connectivity index (χ4n) is 2.73. The Balaban J connectivity index is 1.90. The Morgan fingerprint density at radius 2 is 1.93 bits per heavy atom. The number of amides is 1. The van der Waals surface area contributed by atoms with Gasteiger partial charge in [-0.3, -0.25) is 30.4 Å². The van der Waals surface area contributed by atoms with Gasteiger partial charge in [-0.1, -0.05) is 18.2 Å². The molecular formula is C17H14N6O5. The SMILES string of the molecule is NC(=O)Cn1cc(/C=N\Nc2ccc([N+](=O)[O-])cc2[N+](=O)[O-])c2ccccc21. The van der Waals surface area contributed by atoms with Gasteiger partial charge in [-0.2, -0.15) is 5.10 Å². The molecule has 0 saturated heterocycles. The summed E-state index contributed by atoms with van der Waals surface area (Å²) in [5.41, 5.74) is 8.38. The topological polar surface area (TPSA) is 159 Å². The second-order valence-electron chi connectivity index (χ2n) is 5.78. The summed E-state index contributed by atoms with van der Waals surface area (Å²) in [5, 5.41) is 26.7. The van der Waals surface area contributed by atoms with Crippen LogP contribution < -0.4 is 11.2 Å². The number of fused-ring (bicyclic) bond motifs is 1. The minimum Gasteiger partial charge on any atom is -0.368 e. The third-order valence-electron chi connectivity index (χ3n) is 3.92. The first kappa shape index (κ1) is 18.5. The third kappa shape index (κ3) is 3.77. The number of para-hydroxylation sites is 1. The minimum atomic E-state index is -0.733. The molecule has 0 aliphatic heterocycles. The van der Waals surface area contributed by atoms with Crippen molar-refractivity contribution in [2.45, 2.75) is 6.54 Å². The van der Waals surface area contributed by atoms with Gasteiger partial charge in [-0.05, 0) is 12.1 Å². The zero-order valence-electron chi connectivity index (χ0n) is 14.3. The van der Waals surface area contributed by atoms with Crippen molar-refractivity contribution in [2.24, 2.45) is 10.8 Å². The fraction of sp³-hybridized carbons (Fsp3) is 0.0588. The third-order valence-corrected chi connectivity index (χ3v) is 3.92. The van der Waals surface area contributed by atoms with Crippen molar-refractivity contribution in [3.63, 3.8) is 0 Å². The number of hydrogen-bond acceptors (Lipinski definition) is 7. The molecule has 3 aromatic rings. The molecule has 1 heterocycles. The number of rotatable bonds is 7. The monoisotopic (exact) mass is 382 g/mol. The normalized spacial score (nSPS) is 11.0. The average molecular weight is 382 g/mol. The van der Waals surface area contributed by atoms with Crippen LogP contribution in [0.2, 0.25) is 0 Å². The molecule has 3 rings (SSSR count). The molecule has 0 aliphatic carbocycles. The molecule has 0 atom stereocenters. The summed E-state index contributed by atoms with van der Waals surface area (Å²) in [4.78, 5) is 31.7. The van der Waals surface area contributed by atoms with Gasteiger partial charge in [0.25, 0.3) is 5.69 Å². The maximum absolute atomic E-state index is 11.2. The number of hydrogen-bond donors (Lipinski definition) is 2. The number of aromatic nitrogens is 1. The minimum absolute atomic E-state index is 0.00436. The Morgan fingerprint density at radius 1 is 1.18 bits per heavy atom. The van der Waals surface area contributed by atoms with E-state index in [2.05, 4.69) is 10.5 Å². The number of nitrogens with zero attached hydrogens (tertiary/aromatic N) is 4. The second kappa shape index (κ2) is 7.53. The Bertz CT molecular complexity index is 1120. The number of hydrazone groups is 1. The zero-order chi connectivity index (χ0) is 20.3. The van der Waals surface area contributed by atoms with Gasteiger partial charge >= 0.3 is 5.69 Å². The highest BCUT2D eigenvalue weighted by Crippen LogP contribution is 2.29. The summed E-state index contributed by atoms with van der Waals surface area (Å²) in [6, 6.07) is 10.5. The van der Waals surface area contributed by atoms with Gasteiger partial charge in [-0.25, -0.2) is 0 Å². The fourth-order valence-corrected chi connectivity index (χ4v) is 2.73. The highest BCUT2D eigenvalue weighted by molar-refractivity contribution is 6.00. The molecule has 142 valence electrons. The average Bonchev–Trinajstić information content (AvgIpc) is 2.99. The van der Waals surface area contributed by atoms with Crippen LogP contribution in [0.25, 0.3) is 10.9 Å². The van der Waals surface area contributed by atoms with E-state index in [9.17, 15) is 25.0 Å². The molecule has 0 bridgehead atoms. The molecule has 0 unspecified atom stereocenters. The van der Waals surface area contributed by atoms with E-state index in [4.69, 9.17) is 5.73 Å². The van der Waals surface area contributed by atoms with Crippen molar-refractivity contribution in [2.75, 3.05) is 5.43 Å². The van der Waals surface area contributed by atoms with E-state index in [1.165, 1.54) is 12.3 Å². The van der Waals surface area contributed by atoms with Crippen LogP contribution >= 0.6 is 0 Å². The van der Waals surface area contributed by atoms with E-state index in [-0.39, 0.29) is 12.2 Å². The van der Waals surface area contributed by atoms with Gasteiger partial charge in [0.1, 0.15) is 12.2 Å². The number of primary amides is 1. The van der Waals surface area contributed by atoms with Crippen LogP contribution in [0.1, 0.15) is 5.56 Å². The lowest BCUT2D eigenvalue weighted by Crippen LogP contribution is -2.17. The quantitative estimate of drug-likeness (QED) is 0.362. The van der Waals surface area contributed by atoms with Gasteiger partial charge in [0.2, 0.25) is 5.91 Å². The number of nitro groups is 2. The van der Waals surface area contributed by atoms with E-state index >= 15 is 0 Å². The second-order valence-corrected chi connectivity index (χ2v) is 5.78. The molecule has 28 heavy (non-hydrogen) atoms. The largest absolute Gasteiger partial charge is 0.368 e. The summed E-state index contributed by atoms with van der Waals surface area (Å²) in [7, 11) is 0. The smallest absolute Gasteiger partial charge is 0.301 e. The van der Waals surface area contributed by atoms with E-state index in [1.54, 1.807) is 10.8 Å². The van der Waals surface area contributed by atoms with Crippen molar-refractivity contribution in [3.8, 4) is 0 Å². The van der Waals surface area contributed by atoms with Crippen LogP contribution in [0.5, 0.6) is 0 Å². The van der Waals surface area contributed by atoms with Gasteiger partial charge in [0, 0.05) is 28.7 Å². The molecule has 0 saturated carbocycles. The number of anilines is 1. The Labute approximate surface area is 157 Å². The first-order valence-corrected chi connectivity index (χ1v) is 7.95. The van der Waals surface area contributed by atoms with Gasteiger partial charge < -0.3 is 10.3 Å². The van der Waals surface area contributed by atoms with Gasteiger partial charge in [-0.15, -0.1) is 0 Å². The zero-order valence-corrected chi connectivity index (χ0v) is 14.3. The molecule has 0 fully saturated rings. The van der Waals surface area contributed by atoms with Gasteiger partial charge in [0.15, 0.2) is 0 Å². The number of non-ortho nitro benzene ring substituents is 1. The number of carbonyl (C=O) groups is 1. The molecule has 1 aromatic heterocycles. The van der Waals surface area contributed by atoms with E-state index < -0.39 is 27.1 Å². The highest BCUT2D eigenvalue weighted by Gasteiger charge is 2.19. The Hall–Kier alpha value is -4.28. The van der Waals surface area contributed by atoms with Crippen molar-refractivity contribution in [1.29, 1.82) is 0 Å². The van der Waals surface area contributed by atoms with Crippen LogP contribution in [-0.4, -0.2) is 26.5 Å². The predicted octanol–water partition coefficient (Wildman–Crippen LogP) is 2.39. The van der Waals surface area contributed by atoms with Crippen LogP contribution in [0.4, 0.5) is 17.1 Å². The van der Waals surface area contributed by atoms with E-state index in [0.717, 1.165) is 23.0 Å². The molecule has 0 aliphatic rings. The standard InChI is InChI=1S/C17H14N6O5/c18-17(24)10-21-9-11(13-3-1-2-4-15(13)21)8-19-20-14-6-5-12(22(25)26)7-16(14)23(27)28/h1-9,20H,10H2,(H2,18,24)/b19-8-. The molecule has 0 spiro atoms. The molecule has 3 N–H and O–H groups in total. The maximum atomic E-state index is 11.2.